The number of hydrogen-bond acceptors (Lipinski definition) is 4. The lowest BCUT2D eigenvalue weighted by molar-refractivity contribution is 0.296. The van der Waals surface area contributed by atoms with Crippen molar-refractivity contribution >= 4 is 40.0 Å². The van der Waals surface area contributed by atoms with Crippen LogP contribution in [0, 0.1) is 18.8 Å². The van der Waals surface area contributed by atoms with E-state index in [0.717, 1.165) is 36.8 Å². The van der Waals surface area contributed by atoms with Crippen molar-refractivity contribution in [3.8, 4) is 5.75 Å². The zero-order valence-corrected chi connectivity index (χ0v) is 21.3. The van der Waals surface area contributed by atoms with Gasteiger partial charge in [-0.3, -0.25) is 0 Å². The van der Waals surface area contributed by atoms with Crippen LogP contribution < -0.4 is 15.4 Å². The number of nitrogens with one attached hydrogen (secondary N) is 2. The first-order valence-electron chi connectivity index (χ1n) is 10.5. The van der Waals surface area contributed by atoms with E-state index in [1.165, 1.54) is 24.7 Å². The Morgan fingerprint density at radius 1 is 1.23 bits per heavy atom. The number of halogens is 1. The van der Waals surface area contributed by atoms with Crippen LogP contribution in [0.2, 0.25) is 0 Å². The van der Waals surface area contributed by atoms with E-state index < -0.39 is 10.0 Å². The average Bonchev–Trinajstić information content (AvgIpc) is 3.37. The predicted molar refractivity (Wildman–Crippen MR) is 132 cm³/mol. The molecule has 30 heavy (non-hydrogen) atoms. The summed E-state index contributed by atoms with van der Waals surface area (Å²) < 4.78 is 31.0. The first-order chi connectivity index (χ1) is 13.8. The number of aliphatic imine (C=N–C) groups is 1. The Morgan fingerprint density at radius 2 is 2.00 bits per heavy atom. The molecule has 0 amide bonds. The number of hydrogen-bond donors (Lipinski definition) is 2. The fourth-order valence-corrected chi connectivity index (χ4v) is 4.35. The number of rotatable bonds is 9. The van der Waals surface area contributed by atoms with Gasteiger partial charge < -0.3 is 15.4 Å². The molecule has 0 spiro atoms. The van der Waals surface area contributed by atoms with Gasteiger partial charge in [-0.25, -0.2) is 17.7 Å². The van der Waals surface area contributed by atoms with E-state index in [0.29, 0.717) is 38.0 Å². The highest BCUT2D eigenvalue weighted by molar-refractivity contribution is 14.0. The lowest BCUT2D eigenvalue weighted by atomic mass is 10.1. The Labute approximate surface area is 198 Å². The van der Waals surface area contributed by atoms with Crippen LogP contribution in [0.3, 0.4) is 0 Å². The van der Waals surface area contributed by atoms with Crippen molar-refractivity contribution in [3.05, 3.63) is 29.3 Å². The molecule has 2 fully saturated rings. The summed E-state index contributed by atoms with van der Waals surface area (Å²) in [4.78, 5) is 4.73. The second-order valence-electron chi connectivity index (χ2n) is 8.22. The van der Waals surface area contributed by atoms with Crippen LogP contribution in [-0.2, 0) is 16.6 Å². The summed E-state index contributed by atoms with van der Waals surface area (Å²) in [5.74, 6) is 2.68. The largest absolute Gasteiger partial charge is 0.493 e. The van der Waals surface area contributed by atoms with Crippen molar-refractivity contribution in [2.75, 3.05) is 39.0 Å². The van der Waals surface area contributed by atoms with E-state index in [4.69, 9.17) is 9.73 Å². The molecule has 7 nitrogen and oxygen atoms in total. The molecule has 2 aliphatic rings. The maximum atomic E-state index is 11.7. The third kappa shape index (κ3) is 7.88. The molecular weight excluding hydrogens is 515 g/mol. The molecule has 1 aliphatic carbocycles. The predicted octanol–water partition coefficient (Wildman–Crippen LogP) is 2.74. The van der Waals surface area contributed by atoms with Crippen molar-refractivity contribution < 1.29 is 13.2 Å². The quantitative estimate of drug-likeness (QED) is 0.281. The minimum Gasteiger partial charge on any atom is -0.493 e. The Kier molecular flexibility index (Phi) is 9.67. The van der Waals surface area contributed by atoms with Crippen molar-refractivity contribution in [3.63, 3.8) is 0 Å². The standard InChI is InChI=1S/C21H34N4O3S.HI/c1-4-22-21(23-12-18-9-10-25(14-18)29(3,26)27)24-13-19-8-5-16(2)11-20(19)28-15-17-6-7-17;/h5,8,11,17-18H,4,6-7,9-10,12-15H2,1-3H3,(H2,22,23,24);1H. The zero-order chi connectivity index (χ0) is 20.9. The van der Waals surface area contributed by atoms with E-state index in [1.54, 1.807) is 4.31 Å². The van der Waals surface area contributed by atoms with Crippen LogP contribution in [0.4, 0.5) is 0 Å². The number of nitrogens with zero attached hydrogens (tertiary/aromatic N) is 2. The molecule has 3 rings (SSSR count). The molecule has 1 aromatic carbocycles. The molecule has 0 aromatic heterocycles. The van der Waals surface area contributed by atoms with Crippen molar-refractivity contribution in [2.45, 2.75) is 39.7 Å². The minimum absolute atomic E-state index is 0. The van der Waals surface area contributed by atoms with Gasteiger partial charge in [0.15, 0.2) is 5.96 Å². The third-order valence-corrected chi connectivity index (χ3v) is 6.69. The van der Waals surface area contributed by atoms with Crippen LogP contribution >= 0.6 is 24.0 Å². The third-order valence-electron chi connectivity index (χ3n) is 5.42. The second kappa shape index (κ2) is 11.5. The molecule has 1 heterocycles. The summed E-state index contributed by atoms with van der Waals surface area (Å²) in [5.41, 5.74) is 2.27. The molecule has 2 N–H and O–H groups in total. The van der Waals surface area contributed by atoms with Crippen LogP contribution in [0.1, 0.15) is 37.3 Å². The Bertz CT molecular complexity index is 828. The van der Waals surface area contributed by atoms with Crippen molar-refractivity contribution in [2.24, 2.45) is 16.8 Å². The van der Waals surface area contributed by atoms with Gasteiger partial charge in [0.1, 0.15) is 5.75 Å². The maximum absolute atomic E-state index is 11.7. The van der Waals surface area contributed by atoms with E-state index in [9.17, 15) is 8.42 Å². The monoisotopic (exact) mass is 550 g/mol. The van der Waals surface area contributed by atoms with Gasteiger partial charge >= 0.3 is 0 Å². The molecule has 1 aromatic rings. The van der Waals surface area contributed by atoms with Crippen LogP contribution in [-0.4, -0.2) is 57.7 Å². The molecule has 0 radical (unpaired) electrons. The normalized spacial score (nSPS) is 20.0. The van der Waals surface area contributed by atoms with Gasteiger partial charge in [-0.1, -0.05) is 12.1 Å². The molecule has 170 valence electrons. The highest BCUT2D eigenvalue weighted by Gasteiger charge is 2.28. The summed E-state index contributed by atoms with van der Waals surface area (Å²) >= 11 is 0. The molecule has 0 bridgehead atoms. The SMILES string of the molecule is CCNC(=NCc1ccc(C)cc1OCC1CC1)NCC1CCN(S(C)(=O)=O)C1.I. The van der Waals surface area contributed by atoms with Crippen molar-refractivity contribution in [1.82, 2.24) is 14.9 Å². The molecule has 1 saturated carbocycles. The molecule has 1 unspecified atom stereocenters. The van der Waals surface area contributed by atoms with E-state index in [2.05, 4.69) is 35.8 Å². The number of guanidine groups is 1. The van der Waals surface area contributed by atoms with Crippen LogP contribution in [0.15, 0.2) is 23.2 Å². The number of sulfonamides is 1. The van der Waals surface area contributed by atoms with Gasteiger partial charge in [0.25, 0.3) is 0 Å². The topological polar surface area (TPSA) is 83.0 Å². The number of aryl methyl sites for hydroxylation is 1. The molecule has 1 atom stereocenters. The highest BCUT2D eigenvalue weighted by atomic mass is 127. The number of ether oxygens (including phenoxy) is 1. The van der Waals surface area contributed by atoms with Gasteiger partial charge in [-0.2, -0.15) is 0 Å². The number of benzene rings is 1. The second-order valence-corrected chi connectivity index (χ2v) is 10.2. The van der Waals surface area contributed by atoms with E-state index in [1.807, 2.05) is 6.92 Å². The summed E-state index contributed by atoms with van der Waals surface area (Å²) in [5, 5.41) is 6.65. The smallest absolute Gasteiger partial charge is 0.211 e. The zero-order valence-electron chi connectivity index (χ0n) is 18.2. The highest BCUT2D eigenvalue weighted by Crippen LogP contribution is 2.31. The molecular formula is C21H35IN4O3S. The first-order valence-corrected chi connectivity index (χ1v) is 12.4. The lowest BCUT2D eigenvalue weighted by Crippen LogP contribution is -2.40. The summed E-state index contributed by atoms with van der Waals surface area (Å²) in [6.45, 7) is 8.08. The maximum Gasteiger partial charge on any atom is 0.211 e. The van der Waals surface area contributed by atoms with Gasteiger partial charge in [-0.15, -0.1) is 24.0 Å². The van der Waals surface area contributed by atoms with Gasteiger partial charge in [0.2, 0.25) is 10.0 Å². The lowest BCUT2D eigenvalue weighted by Gasteiger charge is -2.16. The summed E-state index contributed by atoms with van der Waals surface area (Å²) in [6.07, 6.45) is 4.69. The fraction of sp³-hybridized carbons (Fsp3) is 0.667. The Hall–Kier alpha value is -1.07. The van der Waals surface area contributed by atoms with Gasteiger partial charge in [-0.05, 0) is 56.6 Å². The van der Waals surface area contributed by atoms with Gasteiger partial charge in [0, 0.05) is 31.7 Å². The fourth-order valence-electron chi connectivity index (χ4n) is 3.43. The minimum atomic E-state index is -3.10. The average molecular weight is 551 g/mol. The molecule has 9 heteroatoms. The van der Waals surface area contributed by atoms with Crippen molar-refractivity contribution in [1.29, 1.82) is 0 Å². The summed E-state index contributed by atoms with van der Waals surface area (Å²) in [7, 11) is -3.10. The first kappa shape index (κ1) is 25.2. The molecule has 1 saturated heterocycles. The van der Waals surface area contributed by atoms with E-state index in [-0.39, 0.29) is 24.0 Å². The van der Waals surface area contributed by atoms with Crippen LogP contribution in [0.5, 0.6) is 5.75 Å². The Morgan fingerprint density at radius 3 is 2.63 bits per heavy atom. The molecule has 1 aliphatic heterocycles. The van der Waals surface area contributed by atoms with Gasteiger partial charge in [0.05, 0.1) is 19.4 Å². The van der Waals surface area contributed by atoms with Crippen LogP contribution in [0.25, 0.3) is 0 Å². The summed E-state index contributed by atoms with van der Waals surface area (Å²) in [6, 6.07) is 6.27. The Balaban J connectivity index is 0.00000320. The van der Waals surface area contributed by atoms with E-state index >= 15 is 0 Å².